The molecule has 0 radical (unpaired) electrons. The summed E-state index contributed by atoms with van der Waals surface area (Å²) in [4.78, 5) is 25.0. The summed E-state index contributed by atoms with van der Waals surface area (Å²) in [7, 11) is 0. The Balaban J connectivity index is 0.000000171. The van der Waals surface area contributed by atoms with E-state index in [1.54, 1.807) is 24.3 Å². The van der Waals surface area contributed by atoms with Crippen molar-refractivity contribution >= 4 is 17.4 Å². The first-order chi connectivity index (χ1) is 14.6. The zero-order chi connectivity index (χ0) is 21.3. The van der Waals surface area contributed by atoms with Gasteiger partial charge in [-0.1, -0.05) is 72.8 Å². The summed E-state index contributed by atoms with van der Waals surface area (Å²) in [5.74, 6) is -0.725. The summed E-state index contributed by atoms with van der Waals surface area (Å²) in [6.07, 6.45) is 1.77. The van der Waals surface area contributed by atoms with Crippen molar-refractivity contribution in [1.82, 2.24) is 4.90 Å². The van der Waals surface area contributed by atoms with Crippen molar-refractivity contribution in [2.24, 2.45) is 0 Å². The summed E-state index contributed by atoms with van der Waals surface area (Å²) in [5.41, 5.74) is 8.66. The Morgan fingerprint density at radius 1 is 0.900 bits per heavy atom. The van der Waals surface area contributed by atoms with Crippen LogP contribution in [0, 0.1) is 0 Å². The Hall–Kier alpha value is -3.44. The summed E-state index contributed by atoms with van der Waals surface area (Å²) >= 11 is 0. The molecule has 154 valence electrons. The van der Waals surface area contributed by atoms with Crippen LogP contribution in [0.3, 0.4) is 0 Å². The number of ketones is 1. The molecule has 0 bridgehead atoms. The number of carbonyl (C=O) groups is 2. The van der Waals surface area contributed by atoms with Crippen molar-refractivity contribution in [3.8, 4) is 0 Å². The maximum absolute atomic E-state index is 12.0. The van der Waals surface area contributed by atoms with E-state index in [4.69, 9.17) is 10.8 Å². The third-order valence-electron chi connectivity index (χ3n) is 5.12. The number of rotatable bonds is 5. The molecule has 3 aromatic rings. The zero-order valence-corrected chi connectivity index (χ0v) is 16.8. The number of likely N-dealkylation sites (tertiary alicyclic amines) is 1. The number of nitrogens with zero attached hydrogens (tertiary/aromatic N) is 1. The number of carbonyl (C=O) groups excluding carboxylic acids is 1. The smallest absolute Gasteiger partial charge is 0.320 e. The number of hydrogen-bond donors (Lipinski definition) is 2. The highest BCUT2D eigenvalue weighted by molar-refractivity contribution is 6.11. The molecule has 1 fully saturated rings. The molecule has 3 aromatic carbocycles. The van der Waals surface area contributed by atoms with Crippen molar-refractivity contribution in [1.29, 1.82) is 0 Å². The standard InChI is InChI=1S/C13H11NO.C12H15NO2/c14-12-9-5-4-8-11(12)13(15)10-6-2-1-3-7-10;14-12(15)11-7-4-8-13(11)9-10-5-2-1-3-6-10/h1-9H,14H2;1-3,5-6,11H,4,7-9H2,(H,14,15)/t;11-/m.0/s1. The number of carboxylic acids is 1. The third-order valence-corrected chi connectivity index (χ3v) is 5.12. The maximum Gasteiger partial charge on any atom is 0.320 e. The van der Waals surface area contributed by atoms with Gasteiger partial charge in [-0.05, 0) is 37.1 Å². The van der Waals surface area contributed by atoms with Crippen LogP contribution >= 0.6 is 0 Å². The van der Waals surface area contributed by atoms with E-state index in [1.165, 1.54) is 5.56 Å². The fourth-order valence-electron chi connectivity index (χ4n) is 3.56. The second kappa shape index (κ2) is 10.4. The number of para-hydroxylation sites is 1. The van der Waals surface area contributed by atoms with Crippen molar-refractivity contribution < 1.29 is 14.7 Å². The molecule has 0 unspecified atom stereocenters. The number of benzene rings is 3. The second-order valence-corrected chi connectivity index (χ2v) is 7.23. The normalized spacial score (nSPS) is 15.8. The number of anilines is 1. The van der Waals surface area contributed by atoms with Crippen molar-refractivity contribution in [3.05, 3.63) is 102 Å². The number of nitrogens with two attached hydrogens (primary N) is 1. The van der Waals surface area contributed by atoms with Crippen LogP contribution in [0.4, 0.5) is 5.69 Å². The van der Waals surface area contributed by atoms with Gasteiger partial charge < -0.3 is 10.8 Å². The van der Waals surface area contributed by atoms with Gasteiger partial charge in [0, 0.05) is 23.4 Å². The zero-order valence-electron chi connectivity index (χ0n) is 16.8. The minimum atomic E-state index is -0.691. The van der Waals surface area contributed by atoms with Gasteiger partial charge in [0.2, 0.25) is 0 Å². The average Bonchev–Trinajstić information content (AvgIpc) is 3.24. The number of nitrogen functional groups attached to an aromatic ring is 1. The first-order valence-corrected chi connectivity index (χ1v) is 10.0. The molecule has 0 amide bonds. The molecule has 0 aromatic heterocycles. The highest BCUT2D eigenvalue weighted by Gasteiger charge is 2.29. The highest BCUT2D eigenvalue weighted by Crippen LogP contribution is 2.20. The van der Waals surface area contributed by atoms with Gasteiger partial charge in [-0.15, -0.1) is 0 Å². The molecule has 0 aliphatic carbocycles. The summed E-state index contributed by atoms with van der Waals surface area (Å²) in [5, 5.41) is 9.02. The predicted molar refractivity (Wildman–Crippen MR) is 118 cm³/mol. The lowest BCUT2D eigenvalue weighted by Crippen LogP contribution is -2.35. The topological polar surface area (TPSA) is 83.6 Å². The molecular formula is C25H26N2O3. The lowest BCUT2D eigenvalue weighted by atomic mass is 10.0. The molecule has 5 heteroatoms. The first-order valence-electron chi connectivity index (χ1n) is 10.0. The monoisotopic (exact) mass is 402 g/mol. The molecule has 1 saturated heterocycles. The van der Waals surface area contributed by atoms with Crippen LogP contribution in [0.2, 0.25) is 0 Å². The van der Waals surface area contributed by atoms with Gasteiger partial charge in [0.25, 0.3) is 0 Å². The van der Waals surface area contributed by atoms with Crippen LogP contribution in [0.25, 0.3) is 0 Å². The molecule has 30 heavy (non-hydrogen) atoms. The van der Waals surface area contributed by atoms with Gasteiger partial charge in [0.05, 0.1) is 0 Å². The molecule has 3 N–H and O–H groups in total. The Labute approximate surface area is 176 Å². The fraction of sp³-hybridized carbons (Fsp3) is 0.200. The molecule has 0 saturated carbocycles. The van der Waals surface area contributed by atoms with E-state index < -0.39 is 5.97 Å². The van der Waals surface area contributed by atoms with E-state index in [9.17, 15) is 9.59 Å². The van der Waals surface area contributed by atoms with Crippen LogP contribution in [0.1, 0.15) is 34.3 Å². The molecule has 5 nitrogen and oxygen atoms in total. The second-order valence-electron chi connectivity index (χ2n) is 7.23. The number of aliphatic carboxylic acids is 1. The lowest BCUT2D eigenvalue weighted by Gasteiger charge is -2.20. The third kappa shape index (κ3) is 5.55. The fourth-order valence-corrected chi connectivity index (χ4v) is 3.56. The quantitative estimate of drug-likeness (QED) is 0.493. The lowest BCUT2D eigenvalue weighted by molar-refractivity contribution is -0.142. The Morgan fingerprint density at radius 3 is 2.13 bits per heavy atom. The molecular weight excluding hydrogens is 376 g/mol. The Kier molecular flexibility index (Phi) is 7.35. The SMILES string of the molecule is Nc1ccccc1C(=O)c1ccccc1.O=C(O)[C@@H]1CCCN1Cc1ccccc1. The molecule has 4 rings (SSSR count). The summed E-state index contributed by atoms with van der Waals surface area (Å²) in [6, 6.07) is 26.0. The maximum atomic E-state index is 12.0. The largest absolute Gasteiger partial charge is 0.480 e. The molecule has 1 heterocycles. The average molecular weight is 402 g/mol. The van der Waals surface area contributed by atoms with Crippen molar-refractivity contribution in [3.63, 3.8) is 0 Å². The Morgan fingerprint density at radius 2 is 1.50 bits per heavy atom. The van der Waals surface area contributed by atoms with Crippen molar-refractivity contribution in [2.75, 3.05) is 12.3 Å². The summed E-state index contributed by atoms with van der Waals surface area (Å²) in [6.45, 7) is 1.64. The van der Waals surface area contributed by atoms with Crippen LogP contribution < -0.4 is 5.73 Å². The van der Waals surface area contributed by atoms with E-state index in [1.807, 2.05) is 65.6 Å². The van der Waals surface area contributed by atoms with Gasteiger partial charge in [-0.25, -0.2) is 0 Å². The first kappa shape index (κ1) is 21.3. The molecule has 1 aliphatic heterocycles. The predicted octanol–water partition coefficient (Wildman–Crippen LogP) is 4.24. The van der Waals surface area contributed by atoms with E-state index in [0.29, 0.717) is 16.8 Å². The van der Waals surface area contributed by atoms with Gasteiger partial charge in [-0.2, -0.15) is 0 Å². The van der Waals surface area contributed by atoms with E-state index in [2.05, 4.69) is 0 Å². The summed E-state index contributed by atoms with van der Waals surface area (Å²) < 4.78 is 0. The number of hydrogen-bond acceptors (Lipinski definition) is 4. The minimum Gasteiger partial charge on any atom is -0.480 e. The molecule has 1 aliphatic rings. The highest BCUT2D eigenvalue weighted by atomic mass is 16.4. The minimum absolute atomic E-state index is 0.0336. The number of carboxylic acid groups (broad SMARTS) is 1. The van der Waals surface area contributed by atoms with Crippen LogP contribution in [0.15, 0.2) is 84.9 Å². The molecule has 1 atom stereocenters. The van der Waals surface area contributed by atoms with Crippen LogP contribution in [-0.4, -0.2) is 34.3 Å². The molecule has 0 spiro atoms. The van der Waals surface area contributed by atoms with E-state index in [-0.39, 0.29) is 11.8 Å². The van der Waals surface area contributed by atoms with E-state index in [0.717, 1.165) is 25.9 Å². The van der Waals surface area contributed by atoms with Gasteiger partial charge in [-0.3, -0.25) is 14.5 Å². The van der Waals surface area contributed by atoms with Crippen molar-refractivity contribution in [2.45, 2.75) is 25.4 Å². The van der Waals surface area contributed by atoms with Gasteiger partial charge >= 0.3 is 5.97 Å². The van der Waals surface area contributed by atoms with Crippen LogP contribution in [-0.2, 0) is 11.3 Å². The van der Waals surface area contributed by atoms with Gasteiger partial charge in [0.15, 0.2) is 5.78 Å². The van der Waals surface area contributed by atoms with E-state index >= 15 is 0 Å². The Bertz CT molecular complexity index is 974. The van der Waals surface area contributed by atoms with Gasteiger partial charge in [0.1, 0.15) is 6.04 Å². The van der Waals surface area contributed by atoms with Crippen LogP contribution in [0.5, 0.6) is 0 Å².